The van der Waals surface area contributed by atoms with E-state index in [1.54, 1.807) is 11.6 Å². The first kappa shape index (κ1) is 17.0. The third kappa shape index (κ3) is 2.95. The molecule has 0 saturated carbocycles. The Balaban J connectivity index is 1.73. The molecule has 1 N–H and O–H groups in total. The summed E-state index contributed by atoms with van der Waals surface area (Å²) in [5.74, 6) is -0.370. The fraction of sp³-hybridized carbons (Fsp3) is 0.353. The number of aromatic hydroxyl groups is 1. The van der Waals surface area contributed by atoms with Gasteiger partial charge in [0.25, 0.3) is 0 Å². The second kappa shape index (κ2) is 6.37. The Labute approximate surface area is 154 Å². The van der Waals surface area contributed by atoms with Crippen molar-refractivity contribution in [2.45, 2.75) is 12.5 Å². The Morgan fingerprint density at radius 3 is 2.81 bits per heavy atom. The van der Waals surface area contributed by atoms with Gasteiger partial charge in [-0.2, -0.15) is 4.98 Å². The van der Waals surface area contributed by atoms with Crippen molar-refractivity contribution in [3.8, 4) is 23.0 Å². The highest BCUT2D eigenvalue weighted by atomic mass is 35.5. The van der Waals surface area contributed by atoms with Gasteiger partial charge in [-0.05, 0) is 25.6 Å². The van der Waals surface area contributed by atoms with Crippen molar-refractivity contribution in [1.82, 2.24) is 24.4 Å². The van der Waals surface area contributed by atoms with Crippen molar-refractivity contribution >= 4 is 22.9 Å². The number of phenols is 1. The van der Waals surface area contributed by atoms with Crippen LogP contribution in [0.5, 0.6) is 11.6 Å². The predicted molar refractivity (Wildman–Crippen MR) is 94.9 cm³/mol. The zero-order valence-electron chi connectivity index (χ0n) is 14.3. The molecule has 1 atom stereocenters. The fourth-order valence-electron chi connectivity index (χ4n) is 3.17. The highest BCUT2D eigenvalue weighted by Crippen LogP contribution is 2.34. The molecule has 1 aliphatic heterocycles. The van der Waals surface area contributed by atoms with Gasteiger partial charge in [-0.1, -0.05) is 11.6 Å². The predicted octanol–water partition coefficient (Wildman–Crippen LogP) is 2.61. The number of halogens is 2. The number of likely N-dealkylation sites (N-methyl/N-ethyl adjacent to an activating group) is 1. The minimum absolute atomic E-state index is 0.0448. The minimum Gasteiger partial charge on any atom is -0.507 e. The molecule has 9 heteroatoms. The van der Waals surface area contributed by atoms with Crippen LogP contribution in [-0.2, 0) is 7.05 Å². The number of benzene rings is 1. The van der Waals surface area contributed by atoms with Gasteiger partial charge in [-0.15, -0.1) is 0 Å². The molecule has 0 unspecified atom stereocenters. The third-order valence-electron chi connectivity index (χ3n) is 4.45. The maximum Gasteiger partial charge on any atom is 0.234 e. The van der Waals surface area contributed by atoms with E-state index in [0.29, 0.717) is 17.2 Å². The lowest BCUT2D eigenvalue weighted by Crippen LogP contribution is -2.21. The molecule has 136 valence electrons. The van der Waals surface area contributed by atoms with Crippen LogP contribution in [0.15, 0.2) is 18.3 Å². The number of likely N-dealkylation sites (tertiary alicyclic amines) is 1. The third-order valence-corrected chi connectivity index (χ3v) is 4.67. The molecule has 0 spiro atoms. The molecule has 0 amide bonds. The number of nitrogens with zero attached hydrogens (tertiary/aromatic N) is 5. The van der Waals surface area contributed by atoms with Crippen LogP contribution in [0, 0.1) is 5.82 Å². The number of aryl methyl sites for hydroxylation is 1. The van der Waals surface area contributed by atoms with Crippen LogP contribution in [0.3, 0.4) is 0 Å². The van der Waals surface area contributed by atoms with Crippen molar-refractivity contribution in [2.75, 3.05) is 20.1 Å². The van der Waals surface area contributed by atoms with E-state index in [1.165, 1.54) is 12.3 Å². The lowest BCUT2D eigenvalue weighted by molar-refractivity contribution is 0.200. The van der Waals surface area contributed by atoms with E-state index >= 15 is 0 Å². The molecule has 3 aromatic rings. The number of fused-ring (bicyclic) bond motifs is 1. The van der Waals surface area contributed by atoms with Crippen molar-refractivity contribution in [3.05, 3.63) is 29.2 Å². The van der Waals surface area contributed by atoms with Gasteiger partial charge in [0.2, 0.25) is 11.5 Å². The maximum absolute atomic E-state index is 14.3. The second-order valence-corrected chi connectivity index (χ2v) is 6.86. The van der Waals surface area contributed by atoms with Gasteiger partial charge in [0.1, 0.15) is 17.7 Å². The normalized spacial score (nSPS) is 17.9. The van der Waals surface area contributed by atoms with Crippen LogP contribution in [0.4, 0.5) is 4.39 Å². The average Bonchev–Trinajstić information content (AvgIpc) is 3.10. The Morgan fingerprint density at radius 1 is 1.31 bits per heavy atom. The molecule has 1 fully saturated rings. The number of ether oxygens (including phenoxy) is 1. The molecular weight excluding hydrogens is 361 g/mol. The molecule has 4 rings (SSSR count). The monoisotopic (exact) mass is 377 g/mol. The SMILES string of the molecule is CN1CC[C@@H](Oc2cnc3c(n2)nc(-c2c(O)cc(Cl)cc2F)n3C)C1. The topological polar surface area (TPSA) is 76.3 Å². The number of hydrogen-bond donors (Lipinski definition) is 1. The smallest absolute Gasteiger partial charge is 0.234 e. The maximum atomic E-state index is 14.3. The van der Waals surface area contributed by atoms with Gasteiger partial charge >= 0.3 is 0 Å². The largest absolute Gasteiger partial charge is 0.507 e. The Bertz CT molecular complexity index is 970. The lowest BCUT2D eigenvalue weighted by Gasteiger charge is -2.12. The van der Waals surface area contributed by atoms with Crippen molar-refractivity contribution < 1.29 is 14.2 Å². The highest BCUT2D eigenvalue weighted by Gasteiger charge is 2.23. The van der Waals surface area contributed by atoms with Crippen molar-refractivity contribution in [3.63, 3.8) is 0 Å². The summed E-state index contributed by atoms with van der Waals surface area (Å²) in [6.45, 7) is 1.81. The number of phenolic OH excluding ortho intramolecular Hbond substituents is 1. The van der Waals surface area contributed by atoms with Crippen LogP contribution in [0.1, 0.15) is 6.42 Å². The molecule has 7 nitrogen and oxygen atoms in total. The molecule has 1 aromatic carbocycles. The van der Waals surface area contributed by atoms with Gasteiger partial charge in [0, 0.05) is 25.2 Å². The van der Waals surface area contributed by atoms with Crippen molar-refractivity contribution in [1.29, 1.82) is 0 Å². The molecule has 26 heavy (non-hydrogen) atoms. The van der Waals surface area contributed by atoms with Crippen LogP contribution in [0.25, 0.3) is 22.7 Å². The molecular formula is C17H17ClFN5O2. The summed E-state index contributed by atoms with van der Waals surface area (Å²) >= 11 is 5.77. The molecule has 2 aromatic heterocycles. The number of hydrogen-bond acceptors (Lipinski definition) is 6. The molecule has 0 aliphatic carbocycles. The first-order valence-corrected chi connectivity index (χ1v) is 8.53. The summed E-state index contributed by atoms with van der Waals surface area (Å²) in [6.07, 6.45) is 2.52. The van der Waals surface area contributed by atoms with Crippen LogP contribution >= 0.6 is 11.6 Å². The molecule has 0 bridgehead atoms. The molecule has 0 radical (unpaired) electrons. The fourth-order valence-corrected chi connectivity index (χ4v) is 3.37. The van der Waals surface area contributed by atoms with E-state index in [1.807, 2.05) is 7.05 Å². The van der Waals surface area contributed by atoms with E-state index in [4.69, 9.17) is 16.3 Å². The quantitative estimate of drug-likeness (QED) is 0.756. The first-order valence-electron chi connectivity index (χ1n) is 8.15. The van der Waals surface area contributed by atoms with E-state index in [-0.39, 0.29) is 28.3 Å². The van der Waals surface area contributed by atoms with Crippen LogP contribution < -0.4 is 4.74 Å². The van der Waals surface area contributed by atoms with Gasteiger partial charge in [-0.25, -0.2) is 14.4 Å². The van der Waals surface area contributed by atoms with Gasteiger partial charge < -0.3 is 19.3 Å². The summed E-state index contributed by atoms with van der Waals surface area (Å²) in [5.41, 5.74) is 0.737. The Morgan fingerprint density at radius 2 is 2.12 bits per heavy atom. The van der Waals surface area contributed by atoms with Gasteiger partial charge in [0.15, 0.2) is 11.5 Å². The van der Waals surface area contributed by atoms with Gasteiger partial charge in [0.05, 0.1) is 11.8 Å². The summed E-state index contributed by atoms with van der Waals surface area (Å²) in [5, 5.41) is 10.2. The van der Waals surface area contributed by atoms with Gasteiger partial charge in [-0.3, -0.25) is 0 Å². The molecule has 1 saturated heterocycles. The number of imidazole rings is 1. The number of rotatable bonds is 3. The lowest BCUT2D eigenvalue weighted by atomic mass is 10.1. The number of aromatic nitrogens is 4. The molecule has 3 heterocycles. The Hall–Kier alpha value is -2.45. The van der Waals surface area contributed by atoms with Crippen LogP contribution in [-0.4, -0.2) is 55.8 Å². The van der Waals surface area contributed by atoms with E-state index in [9.17, 15) is 9.50 Å². The average molecular weight is 378 g/mol. The minimum atomic E-state index is -0.668. The summed E-state index contributed by atoms with van der Waals surface area (Å²) in [6, 6.07) is 2.40. The summed E-state index contributed by atoms with van der Waals surface area (Å²) < 4.78 is 21.8. The first-order chi connectivity index (χ1) is 12.4. The highest BCUT2D eigenvalue weighted by molar-refractivity contribution is 6.30. The zero-order valence-corrected chi connectivity index (χ0v) is 15.0. The van der Waals surface area contributed by atoms with Crippen molar-refractivity contribution in [2.24, 2.45) is 7.05 Å². The standard InChI is InChI=1S/C17H17ClFN5O2/c1-23-4-3-10(8-23)26-13-7-20-17-15(21-13)22-16(24(17)2)14-11(19)5-9(18)6-12(14)25/h5-7,10,25H,3-4,8H2,1-2H3/t10-/m1/s1. The van der Waals surface area contributed by atoms with E-state index < -0.39 is 5.82 Å². The zero-order chi connectivity index (χ0) is 18.4. The second-order valence-electron chi connectivity index (χ2n) is 6.42. The van der Waals surface area contributed by atoms with E-state index in [0.717, 1.165) is 25.6 Å². The van der Waals surface area contributed by atoms with E-state index in [2.05, 4.69) is 19.9 Å². The van der Waals surface area contributed by atoms with Crippen LogP contribution in [0.2, 0.25) is 5.02 Å². The summed E-state index contributed by atoms with van der Waals surface area (Å²) in [4.78, 5) is 15.2. The molecule has 1 aliphatic rings. The summed E-state index contributed by atoms with van der Waals surface area (Å²) in [7, 11) is 3.72. The Kier molecular flexibility index (Phi) is 4.16.